The molecular weight excluding hydrogens is 377 g/mol. The molecule has 1 heterocycles. The van der Waals surface area contributed by atoms with E-state index in [9.17, 15) is 10.1 Å². The average molecular weight is 390 g/mol. The van der Waals surface area contributed by atoms with Gasteiger partial charge in [-0.25, -0.2) is 9.97 Å². The molecule has 3 aromatic rings. The van der Waals surface area contributed by atoms with E-state index in [1.165, 1.54) is 6.33 Å². The highest BCUT2D eigenvalue weighted by Crippen LogP contribution is 2.33. The summed E-state index contributed by atoms with van der Waals surface area (Å²) in [5.41, 5.74) is 1.24. The summed E-state index contributed by atoms with van der Waals surface area (Å²) in [6, 6.07) is 14.3. The molecule has 0 spiro atoms. The molecule has 2 N–H and O–H groups in total. The highest BCUT2D eigenvalue weighted by Gasteiger charge is 2.23. The lowest BCUT2D eigenvalue weighted by Gasteiger charge is -2.10. The van der Waals surface area contributed by atoms with E-state index >= 15 is 0 Å². The van der Waals surface area contributed by atoms with Crippen molar-refractivity contribution in [2.24, 2.45) is 0 Å². The number of aromatic nitrogens is 2. The van der Waals surface area contributed by atoms with Crippen LogP contribution in [0.5, 0.6) is 0 Å². The van der Waals surface area contributed by atoms with Crippen molar-refractivity contribution in [1.29, 1.82) is 0 Å². The van der Waals surface area contributed by atoms with Crippen molar-refractivity contribution in [3.63, 3.8) is 0 Å². The second kappa shape index (κ2) is 7.99. The molecular formula is C17H13Cl2N5O2. The Hall–Kier alpha value is -2.90. The maximum atomic E-state index is 11.6. The van der Waals surface area contributed by atoms with Gasteiger partial charge in [-0.05, 0) is 23.8 Å². The van der Waals surface area contributed by atoms with Crippen molar-refractivity contribution in [1.82, 2.24) is 9.97 Å². The Morgan fingerprint density at radius 3 is 2.42 bits per heavy atom. The first kappa shape index (κ1) is 17.9. The van der Waals surface area contributed by atoms with Gasteiger partial charge in [0.25, 0.3) is 0 Å². The maximum Gasteiger partial charge on any atom is 0.353 e. The minimum atomic E-state index is -0.535. The molecule has 0 bridgehead atoms. The summed E-state index contributed by atoms with van der Waals surface area (Å²) in [6.07, 6.45) is 1.25. The van der Waals surface area contributed by atoms with Crippen LogP contribution in [0.3, 0.4) is 0 Å². The van der Waals surface area contributed by atoms with Crippen molar-refractivity contribution >= 4 is 46.2 Å². The van der Waals surface area contributed by atoms with E-state index in [1.54, 1.807) is 18.2 Å². The lowest BCUT2D eigenvalue weighted by Crippen LogP contribution is -2.08. The first-order chi connectivity index (χ1) is 12.5. The Morgan fingerprint density at radius 2 is 1.73 bits per heavy atom. The molecule has 0 aliphatic heterocycles. The van der Waals surface area contributed by atoms with Crippen LogP contribution in [0.15, 0.2) is 54.9 Å². The fourth-order valence-electron chi connectivity index (χ4n) is 2.26. The lowest BCUT2D eigenvalue weighted by atomic mass is 10.2. The summed E-state index contributed by atoms with van der Waals surface area (Å²) in [6.45, 7) is 0.394. The van der Waals surface area contributed by atoms with Gasteiger partial charge < -0.3 is 10.6 Å². The van der Waals surface area contributed by atoms with Crippen molar-refractivity contribution < 1.29 is 4.92 Å². The maximum absolute atomic E-state index is 11.6. The molecule has 1 aromatic heterocycles. The minimum Gasteiger partial charge on any atom is -0.360 e. The smallest absolute Gasteiger partial charge is 0.353 e. The Morgan fingerprint density at radius 1 is 1.00 bits per heavy atom. The van der Waals surface area contributed by atoms with Crippen LogP contribution < -0.4 is 10.6 Å². The van der Waals surface area contributed by atoms with E-state index in [4.69, 9.17) is 23.2 Å². The van der Waals surface area contributed by atoms with E-state index in [2.05, 4.69) is 20.6 Å². The van der Waals surface area contributed by atoms with Gasteiger partial charge in [0.1, 0.15) is 6.33 Å². The van der Waals surface area contributed by atoms with Crippen molar-refractivity contribution in [3.8, 4) is 0 Å². The number of nitrogens with zero attached hydrogens (tertiary/aromatic N) is 3. The normalized spacial score (nSPS) is 10.4. The second-order valence-electron chi connectivity index (χ2n) is 5.27. The van der Waals surface area contributed by atoms with Crippen molar-refractivity contribution in [2.45, 2.75) is 6.54 Å². The molecule has 0 amide bonds. The van der Waals surface area contributed by atoms with Crippen LogP contribution in [0.2, 0.25) is 10.0 Å². The zero-order valence-electron chi connectivity index (χ0n) is 13.3. The number of hydrogen-bond donors (Lipinski definition) is 2. The predicted molar refractivity (Wildman–Crippen MR) is 102 cm³/mol. The summed E-state index contributed by atoms with van der Waals surface area (Å²) in [7, 11) is 0. The van der Waals surface area contributed by atoms with Gasteiger partial charge in [-0.15, -0.1) is 0 Å². The summed E-state index contributed by atoms with van der Waals surface area (Å²) < 4.78 is 0. The van der Waals surface area contributed by atoms with E-state index in [-0.39, 0.29) is 17.3 Å². The van der Waals surface area contributed by atoms with Crippen LogP contribution >= 0.6 is 23.2 Å². The fraction of sp³-hybridized carbons (Fsp3) is 0.0588. The fourth-order valence-corrected chi connectivity index (χ4v) is 2.56. The third-order valence-corrected chi connectivity index (χ3v) is 4.23. The summed E-state index contributed by atoms with van der Waals surface area (Å²) in [4.78, 5) is 19.0. The molecule has 0 atom stereocenters. The quantitative estimate of drug-likeness (QED) is 0.452. The number of nitrogens with one attached hydrogen (secondary N) is 2. The van der Waals surface area contributed by atoms with Gasteiger partial charge in [-0.3, -0.25) is 10.1 Å². The molecule has 0 saturated heterocycles. The molecule has 3 rings (SSSR count). The molecule has 0 saturated carbocycles. The van der Waals surface area contributed by atoms with Gasteiger partial charge in [-0.2, -0.15) is 0 Å². The second-order valence-corrected chi connectivity index (χ2v) is 6.08. The predicted octanol–water partition coefficient (Wildman–Crippen LogP) is 5.05. The summed E-state index contributed by atoms with van der Waals surface area (Å²) >= 11 is 11.9. The van der Waals surface area contributed by atoms with Crippen LogP contribution in [0.4, 0.5) is 23.0 Å². The molecule has 2 aromatic carbocycles. The van der Waals surface area contributed by atoms with Crippen LogP contribution in [-0.4, -0.2) is 14.9 Å². The van der Waals surface area contributed by atoms with Crippen LogP contribution in [-0.2, 0) is 6.54 Å². The SMILES string of the molecule is O=[N+]([O-])c1c(NCc2ccccc2)ncnc1Nc1ccc(Cl)c(Cl)c1. The third-order valence-electron chi connectivity index (χ3n) is 3.49. The molecule has 0 unspecified atom stereocenters. The monoisotopic (exact) mass is 389 g/mol. The Kier molecular flexibility index (Phi) is 5.50. The summed E-state index contributed by atoms with van der Waals surface area (Å²) in [5, 5.41) is 18.1. The molecule has 132 valence electrons. The van der Waals surface area contributed by atoms with Gasteiger partial charge in [0.05, 0.1) is 15.0 Å². The van der Waals surface area contributed by atoms with Crippen molar-refractivity contribution in [3.05, 3.63) is 80.6 Å². The number of halogens is 2. The van der Waals surface area contributed by atoms with Gasteiger partial charge >= 0.3 is 5.69 Å². The molecule has 0 aliphatic rings. The summed E-state index contributed by atoms with van der Waals surface area (Å²) in [5.74, 6) is 0.176. The standard InChI is InChI=1S/C17H13Cl2N5O2/c18-13-7-6-12(8-14(13)19)23-17-15(24(25)26)16(21-10-22-17)20-9-11-4-2-1-3-5-11/h1-8,10H,9H2,(H2,20,21,22,23). The Balaban J connectivity index is 1.88. The van der Waals surface area contributed by atoms with Crippen LogP contribution in [0.25, 0.3) is 0 Å². The highest BCUT2D eigenvalue weighted by atomic mass is 35.5. The molecule has 0 fully saturated rings. The molecule has 0 radical (unpaired) electrons. The number of benzene rings is 2. The van der Waals surface area contributed by atoms with Gasteiger partial charge in [0, 0.05) is 12.2 Å². The first-order valence-electron chi connectivity index (χ1n) is 7.54. The van der Waals surface area contributed by atoms with Gasteiger partial charge in [0.2, 0.25) is 11.6 Å². The average Bonchev–Trinajstić information content (AvgIpc) is 2.64. The molecule has 26 heavy (non-hydrogen) atoms. The zero-order valence-corrected chi connectivity index (χ0v) is 14.8. The number of anilines is 3. The molecule has 7 nitrogen and oxygen atoms in total. The number of hydrogen-bond acceptors (Lipinski definition) is 6. The Labute approximate surface area is 159 Å². The highest BCUT2D eigenvalue weighted by molar-refractivity contribution is 6.42. The Bertz CT molecular complexity index is 938. The third kappa shape index (κ3) is 4.19. The largest absolute Gasteiger partial charge is 0.360 e. The van der Waals surface area contributed by atoms with Crippen LogP contribution in [0.1, 0.15) is 5.56 Å². The minimum absolute atomic E-state index is 0.0546. The van der Waals surface area contributed by atoms with Crippen molar-refractivity contribution in [2.75, 3.05) is 10.6 Å². The molecule has 0 aliphatic carbocycles. The lowest BCUT2D eigenvalue weighted by molar-refractivity contribution is -0.383. The zero-order chi connectivity index (χ0) is 18.5. The topological polar surface area (TPSA) is 93.0 Å². The molecule has 9 heteroatoms. The van der Waals surface area contributed by atoms with E-state index in [0.29, 0.717) is 22.3 Å². The van der Waals surface area contributed by atoms with Crippen LogP contribution in [0, 0.1) is 10.1 Å². The van der Waals surface area contributed by atoms with E-state index < -0.39 is 4.92 Å². The first-order valence-corrected chi connectivity index (χ1v) is 8.29. The van der Waals surface area contributed by atoms with Gasteiger partial charge in [0.15, 0.2) is 0 Å². The van der Waals surface area contributed by atoms with Gasteiger partial charge in [-0.1, -0.05) is 53.5 Å². The number of nitro groups is 1. The number of rotatable bonds is 6. The van der Waals surface area contributed by atoms with E-state index in [0.717, 1.165) is 5.56 Å². The van der Waals surface area contributed by atoms with E-state index in [1.807, 2.05) is 30.3 Å².